The Morgan fingerprint density at radius 3 is 2.16 bits per heavy atom. The fourth-order valence-corrected chi connectivity index (χ4v) is 3.85. The van der Waals surface area contributed by atoms with Crippen molar-refractivity contribution in [1.82, 2.24) is 0 Å². The van der Waals surface area contributed by atoms with Crippen molar-refractivity contribution in [1.29, 1.82) is 0 Å². The molecule has 0 radical (unpaired) electrons. The van der Waals surface area contributed by atoms with E-state index < -0.39 is 18.7 Å². The minimum Gasteiger partial charge on any atom is -0.478 e. The third-order valence-electron chi connectivity index (χ3n) is 5.89. The fraction of sp³-hybridized carbons (Fsp3) is 0.522. The highest BCUT2D eigenvalue weighted by molar-refractivity contribution is 6.00. The van der Waals surface area contributed by atoms with Gasteiger partial charge in [-0.05, 0) is 67.0 Å². The average molecular weight is 438 g/mol. The van der Waals surface area contributed by atoms with Crippen molar-refractivity contribution < 1.29 is 23.1 Å². The molecule has 0 fully saturated rings. The maximum atomic E-state index is 13.5. The molecule has 1 aromatic carbocycles. The Labute approximate surface area is 181 Å². The SMILES string of the molecule is C=N/C(=N\C=C(/C)C(=O)O)N(CC(F)(F)F)c1cc2c(cc1C)C(C)(C)CCC2(C)C. The van der Waals surface area contributed by atoms with E-state index in [9.17, 15) is 18.0 Å². The van der Waals surface area contributed by atoms with Crippen LogP contribution in [0.3, 0.4) is 0 Å². The van der Waals surface area contributed by atoms with Crippen LogP contribution in [0.5, 0.6) is 0 Å². The number of guanidine groups is 1. The number of aryl methyl sites for hydroxylation is 1. The van der Waals surface area contributed by atoms with Gasteiger partial charge in [-0.1, -0.05) is 33.8 Å². The van der Waals surface area contributed by atoms with Gasteiger partial charge in [0.1, 0.15) is 6.54 Å². The van der Waals surface area contributed by atoms with E-state index in [-0.39, 0.29) is 22.4 Å². The van der Waals surface area contributed by atoms with Crippen molar-refractivity contribution in [3.8, 4) is 0 Å². The molecule has 0 aromatic heterocycles. The Hall–Kier alpha value is -2.64. The number of nitrogens with zero attached hydrogens (tertiary/aromatic N) is 3. The van der Waals surface area contributed by atoms with E-state index in [4.69, 9.17) is 5.11 Å². The Kier molecular flexibility index (Phi) is 6.73. The standard InChI is InChI=1S/C23H30F3N3O2/c1-14-10-16-17(22(5,6)9-8-21(16,3)4)11-18(14)29(13-23(24,25)26)20(27-7)28-12-15(2)19(30)31/h10-12H,7-9,13H2,1-6H3,(H,30,31)/b15-12+,28-20+. The first-order valence-corrected chi connectivity index (χ1v) is 10.0. The van der Waals surface area contributed by atoms with Crippen LogP contribution in [0, 0.1) is 6.92 Å². The van der Waals surface area contributed by atoms with Crippen LogP contribution >= 0.6 is 0 Å². The zero-order chi connectivity index (χ0) is 23.8. The lowest BCUT2D eigenvalue weighted by molar-refractivity contribution is -0.132. The largest absolute Gasteiger partial charge is 0.478 e. The van der Waals surface area contributed by atoms with Gasteiger partial charge in [0, 0.05) is 11.9 Å². The van der Waals surface area contributed by atoms with Gasteiger partial charge < -0.3 is 10.0 Å². The van der Waals surface area contributed by atoms with Gasteiger partial charge in [-0.3, -0.25) is 0 Å². The number of fused-ring (bicyclic) bond motifs is 1. The van der Waals surface area contributed by atoms with Gasteiger partial charge in [0.05, 0.1) is 5.57 Å². The Morgan fingerprint density at radius 2 is 1.71 bits per heavy atom. The molecule has 1 aliphatic carbocycles. The number of rotatable bonds is 4. The first-order chi connectivity index (χ1) is 14.1. The molecule has 31 heavy (non-hydrogen) atoms. The van der Waals surface area contributed by atoms with Gasteiger partial charge in [0.15, 0.2) is 0 Å². The number of carboxylic acids is 1. The van der Waals surface area contributed by atoms with Gasteiger partial charge >= 0.3 is 12.1 Å². The van der Waals surface area contributed by atoms with Gasteiger partial charge in [0.25, 0.3) is 0 Å². The van der Waals surface area contributed by atoms with Gasteiger partial charge in [-0.2, -0.15) is 13.2 Å². The number of alkyl halides is 3. The van der Waals surface area contributed by atoms with Gasteiger partial charge in [0.2, 0.25) is 5.96 Å². The van der Waals surface area contributed by atoms with Crippen LogP contribution in [-0.2, 0) is 15.6 Å². The number of carbonyl (C=O) groups is 1. The predicted octanol–water partition coefficient (Wildman–Crippen LogP) is 5.76. The number of anilines is 1. The summed E-state index contributed by atoms with van der Waals surface area (Å²) < 4.78 is 40.5. The molecule has 170 valence electrons. The first-order valence-electron chi connectivity index (χ1n) is 10.0. The van der Waals surface area contributed by atoms with Crippen molar-refractivity contribution in [3.05, 3.63) is 40.6 Å². The summed E-state index contributed by atoms with van der Waals surface area (Å²) in [5.74, 6) is -1.53. The molecule has 0 heterocycles. The molecule has 0 bridgehead atoms. The van der Waals surface area contributed by atoms with E-state index in [0.29, 0.717) is 11.3 Å². The normalized spacial score (nSPS) is 18.4. The third kappa shape index (κ3) is 5.54. The molecule has 0 unspecified atom stereocenters. The maximum absolute atomic E-state index is 13.5. The van der Waals surface area contributed by atoms with E-state index in [1.165, 1.54) is 6.92 Å². The second-order valence-corrected chi connectivity index (χ2v) is 9.36. The molecule has 1 aromatic rings. The molecule has 0 amide bonds. The van der Waals surface area contributed by atoms with Crippen molar-refractivity contribution >= 4 is 24.3 Å². The highest BCUT2D eigenvalue weighted by Crippen LogP contribution is 2.47. The molecular formula is C23H30F3N3O2. The zero-order valence-corrected chi connectivity index (χ0v) is 18.9. The lowest BCUT2D eigenvalue weighted by Gasteiger charge is -2.43. The quantitative estimate of drug-likeness (QED) is 0.370. The lowest BCUT2D eigenvalue weighted by Crippen LogP contribution is -2.40. The van der Waals surface area contributed by atoms with Gasteiger partial charge in [-0.15, -0.1) is 0 Å². The lowest BCUT2D eigenvalue weighted by atomic mass is 9.63. The van der Waals surface area contributed by atoms with E-state index >= 15 is 0 Å². The summed E-state index contributed by atoms with van der Waals surface area (Å²) in [6.07, 6.45) is -1.65. The zero-order valence-electron chi connectivity index (χ0n) is 18.9. The summed E-state index contributed by atoms with van der Waals surface area (Å²) >= 11 is 0. The summed E-state index contributed by atoms with van der Waals surface area (Å²) in [6.45, 7) is 13.6. The first kappa shape index (κ1) is 24.6. The van der Waals surface area contributed by atoms with Crippen LogP contribution in [0.25, 0.3) is 0 Å². The highest BCUT2D eigenvalue weighted by atomic mass is 19.4. The monoisotopic (exact) mass is 437 g/mol. The van der Waals surface area contributed by atoms with Crippen LogP contribution in [0.1, 0.15) is 64.2 Å². The van der Waals surface area contributed by atoms with E-state index in [0.717, 1.165) is 35.1 Å². The van der Waals surface area contributed by atoms with Crippen LogP contribution in [-0.4, -0.2) is 36.5 Å². The molecule has 0 aliphatic heterocycles. The maximum Gasteiger partial charge on any atom is 0.406 e. The number of halogens is 3. The number of carboxylic acid groups (broad SMARTS) is 1. The molecule has 0 spiro atoms. The second kappa shape index (κ2) is 8.48. The van der Waals surface area contributed by atoms with Crippen molar-refractivity contribution in [3.63, 3.8) is 0 Å². The van der Waals surface area contributed by atoms with Gasteiger partial charge in [-0.25, -0.2) is 14.8 Å². The van der Waals surface area contributed by atoms with Crippen LogP contribution in [0.4, 0.5) is 18.9 Å². The molecule has 5 nitrogen and oxygen atoms in total. The smallest absolute Gasteiger partial charge is 0.406 e. The minimum absolute atomic E-state index is 0.0854. The molecule has 0 atom stereocenters. The van der Waals surface area contributed by atoms with Crippen molar-refractivity contribution in [2.24, 2.45) is 9.98 Å². The Bertz CT molecular complexity index is 944. The number of aliphatic carboxylic acids is 1. The molecule has 8 heteroatoms. The van der Waals surface area contributed by atoms with E-state index in [2.05, 4.69) is 44.4 Å². The molecular weight excluding hydrogens is 407 g/mol. The minimum atomic E-state index is -4.53. The molecule has 1 aliphatic rings. The van der Waals surface area contributed by atoms with Crippen LogP contribution < -0.4 is 4.90 Å². The van der Waals surface area contributed by atoms with Crippen LogP contribution in [0.2, 0.25) is 0 Å². The summed E-state index contributed by atoms with van der Waals surface area (Å²) in [4.78, 5) is 19.6. The van der Waals surface area contributed by atoms with E-state index in [1.54, 1.807) is 13.0 Å². The van der Waals surface area contributed by atoms with Crippen molar-refractivity contribution in [2.45, 2.75) is 71.4 Å². The number of hydrogen-bond donors (Lipinski definition) is 1. The third-order valence-corrected chi connectivity index (χ3v) is 5.89. The summed E-state index contributed by atoms with van der Waals surface area (Å²) in [5, 5.41) is 9.02. The number of benzene rings is 1. The Morgan fingerprint density at radius 1 is 1.19 bits per heavy atom. The summed E-state index contributed by atoms with van der Waals surface area (Å²) in [6, 6.07) is 3.75. The van der Waals surface area contributed by atoms with Crippen molar-refractivity contribution in [2.75, 3.05) is 11.4 Å². The van der Waals surface area contributed by atoms with Crippen LogP contribution in [0.15, 0.2) is 33.9 Å². The summed E-state index contributed by atoms with van der Waals surface area (Å²) in [7, 11) is 0. The fourth-order valence-electron chi connectivity index (χ4n) is 3.85. The van der Waals surface area contributed by atoms with E-state index in [1.807, 2.05) is 6.07 Å². The highest BCUT2D eigenvalue weighted by Gasteiger charge is 2.39. The number of hydrogen-bond acceptors (Lipinski definition) is 2. The molecule has 0 saturated carbocycles. The number of aliphatic imine (C=N–C) groups is 2. The summed E-state index contributed by atoms with van der Waals surface area (Å²) in [5.41, 5.74) is 2.70. The second-order valence-electron chi connectivity index (χ2n) is 9.36. The molecule has 2 rings (SSSR count). The average Bonchev–Trinajstić information content (AvgIpc) is 2.63. The predicted molar refractivity (Wildman–Crippen MR) is 118 cm³/mol. The topological polar surface area (TPSA) is 65.3 Å². The molecule has 1 N–H and O–H groups in total. The Balaban J connectivity index is 2.73. The molecule has 0 saturated heterocycles.